The van der Waals surface area contributed by atoms with Gasteiger partial charge in [0, 0.05) is 5.02 Å². The molecule has 0 aliphatic rings. The normalized spacial score (nSPS) is 13.9. The molecule has 108 valence electrons. The monoisotopic (exact) mass is 299 g/mol. The number of benzene rings is 1. The van der Waals surface area contributed by atoms with Gasteiger partial charge in [0.15, 0.2) is 0 Å². The van der Waals surface area contributed by atoms with Crippen molar-refractivity contribution in [2.75, 3.05) is 13.2 Å². The topological polar surface area (TPSA) is 35.2 Å². The molecule has 1 atom stereocenters. The Kier molecular flexibility index (Phi) is 5.58. The third-order valence-electron chi connectivity index (χ3n) is 2.54. The second-order valence-corrected chi connectivity index (χ2v) is 4.60. The Morgan fingerprint density at radius 2 is 2.00 bits per heavy atom. The molecular formula is C12H14ClF4NO. The van der Waals surface area contributed by atoms with Crippen molar-refractivity contribution in [1.82, 2.24) is 0 Å². The summed E-state index contributed by atoms with van der Waals surface area (Å²) in [5.74, 6) is -4.16. The summed E-state index contributed by atoms with van der Waals surface area (Å²) in [5.41, 5.74) is 7.15. The van der Waals surface area contributed by atoms with Crippen molar-refractivity contribution >= 4 is 11.6 Å². The van der Waals surface area contributed by atoms with Gasteiger partial charge in [0.2, 0.25) is 0 Å². The Labute approximate surface area is 113 Å². The summed E-state index contributed by atoms with van der Waals surface area (Å²) in [6, 6.07) is 4.30. The zero-order chi connectivity index (χ0) is 14.6. The molecular weight excluding hydrogens is 286 g/mol. The molecule has 0 heterocycles. The Morgan fingerprint density at radius 1 is 1.37 bits per heavy atom. The fourth-order valence-electron chi connectivity index (χ4n) is 1.32. The lowest BCUT2D eigenvalue weighted by Crippen LogP contribution is -2.33. The van der Waals surface area contributed by atoms with E-state index < -0.39 is 25.0 Å². The van der Waals surface area contributed by atoms with Crippen molar-refractivity contribution in [2.45, 2.75) is 25.3 Å². The van der Waals surface area contributed by atoms with E-state index in [4.69, 9.17) is 17.3 Å². The number of ether oxygens (including phenoxy) is 1. The van der Waals surface area contributed by atoms with E-state index in [2.05, 4.69) is 4.74 Å². The fraction of sp³-hybridized carbons (Fsp3) is 0.500. The minimum absolute atomic E-state index is 0.290. The van der Waals surface area contributed by atoms with Crippen molar-refractivity contribution in [2.24, 2.45) is 5.73 Å². The number of hydrogen-bond acceptors (Lipinski definition) is 2. The van der Waals surface area contributed by atoms with E-state index in [-0.39, 0.29) is 6.61 Å². The van der Waals surface area contributed by atoms with E-state index in [1.165, 1.54) is 0 Å². The van der Waals surface area contributed by atoms with Gasteiger partial charge in [0.1, 0.15) is 6.61 Å². The minimum atomic E-state index is -4.16. The highest BCUT2D eigenvalue weighted by molar-refractivity contribution is 6.31. The third-order valence-corrected chi connectivity index (χ3v) is 2.94. The molecule has 7 heteroatoms. The molecule has 0 bridgehead atoms. The molecule has 2 N–H and O–H groups in total. The molecule has 0 aliphatic heterocycles. The third kappa shape index (κ3) is 4.63. The van der Waals surface area contributed by atoms with Crippen LogP contribution in [0.3, 0.4) is 0 Å². The van der Waals surface area contributed by atoms with E-state index >= 15 is 0 Å². The maximum atomic E-state index is 12.6. The van der Waals surface area contributed by atoms with Gasteiger partial charge in [0.25, 0.3) is 0 Å². The SMILES string of the molecule is Cc1ccc(C(N)COCC(F)(F)C(F)F)cc1Cl. The van der Waals surface area contributed by atoms with Crippen LogP contribution in [0, 0.1) is 6.92 Å². The lowest BCUT2D eigenvalue weighted by atomic mass is 10.1. The van der Waals surface area contributed by atoms with E-state index in [9.17, 15) is 17.6 Å². The molecule has 0 aromatic heterocycles. The zero-order valence-electron chi connectivity index (χ0n) is 10.2. The number of aryl methyl sites for hydroxylation is 1. The summed E-state index contributed by atoms with van der Waals surface area (Å²) >= 11 is 5.89. The summed E-state index contributed by atoms with van der Waals surface area (Å²) in [5, 5.41) is 0.492. The van der Waals surface area contributed by atoms with Crippen LogP contribution in [0.1, 0.15) is 17.2 Å². The number of halogens is 5. The van der Waals surface area contributed by atoms with Crippen molar-refractivity contribution < 1.29 is 22.3 Å². The summed E-state index contributed by atoms with van der Waals surface area (Å²) in [4.78, 5) is 0. The molecule has 1 rings (SSSR count). The fourth-order valence-corrected chi connectivity index (χ4v) is 1.51. The van der Waals surface area contributed by atoms with Crippen LogP contribution in [0.4, 0.5) is 17.6 Å². The smallest absolute Gasteiger partial charge is 0.330 e. The molecule has 1 aromatic rings. The van der Waals surface area contributed by atoms with E-state index in [0.717, 1.165) is 5.56 Å². The van der Waals surface area contributed by atoms with Gasteiger partial charge in [-0.05, 0) is 24.1 Å². The first-order chi connectivity index (χ1) is 8.74. The maximum absolute atomic E-state index is 12.6. The van der Waals surface area contributed by atoms with Crippen LogP contribution in [-0.4, -0.2) is 25.6 Å². The largest absolute Gasteiger partial charge is 0.373 e. The van der Waals surface area contributed by atoms with Gasteiger partial charge in [-0.3, -0.25) is 0 Å². The molecule has 0 spiro atoms. The standard InChI is InChI=1S/C12H14ClF4NO/c1-7-2-3-8(4-9(7)13)10(18)5-19-6-12(16,17)11(14)15/h2-4,10-11H,5-6,18H2,1H3. The first-order valence-corrected chi connectivity index (χ1v) is 5.87. The quantitative estimate of drug-likeness (QED) is 0.815. The first-order valence-electron chi connectivity index (χ1n) is 5.49. The molecule has 2 nitrogen and oxygen atoms in total. The minimum Gasteiger partial charge on any atom is -0.373 e. The summed E-state index contributed by atoms with van der Waals surface area (Å²) < 4.78 is 53.5. The second-order valence-electron chi connectivity index (χ2n) is 4.19. The van der Waals surface area contributed by atoms with Crippen LogP contribution in [0.15, 0.2) is 18.2 Å². The maximum Gasteiger partial charge on any atom is 0.330 e. The van der Waals surface area contributed by atoms with Crippen molar-refractivity contribution in [3.63, 3.8) is 0 Å². The highest BCUT2D eigenvalue weighted by Crippen LogP contribution is 2.24. The number of nitrogens with two attached hydrogens (primary N) is 1. The van der Waals surface area contributed by atoms with Crippen LogP contribution < -0.4 is 5.73 Å². The summed E-state index contributed by atoms with van der Waals surface area (Å²) in [6.07, 6.45) is -3.75. The molecule has 0 saturated carbocycles. The average molecular weight is 300 g/mol. The van der Waals surface area contributed by atoms with Gasteiger partial charge in [0.05, 0.1) is 12.6 Å². The Hall–Kier alpha value is -0.850. The lowest BCUT2D eigenvalue weighted by molar-refractivity contribution is -0.166. The highest BCUT2D eigenvalue weighted by atomic mass is 35.5. The van der Waals surface area contributed by atoms with E-state index in [1.807, 2.05) is 0 Å². The molecule has 0 amide bonds. The number of rotatable bonds is 6. The van der Waals surface area contributed by atoms with Crippen LogP contribution in [0.2, 0.25) is 5.02 Å². The average Bonchev–Trinajstić information content (AvgIpc) is 2.32. The summed E-state index contributed by atoms with van der Waals surface area (Å²) in [6.45, 7) is 0.150. The van der Waals surface area contributed by atoms with Crippen LogP contribution in [-0.2, 0) is 4.74 Å². The van der Waals surface area contributed by atoms with Gasteiger partial charge in [-0.2, -0.15) is 8.78 Å². The predicted octanol–water partition coefficient (Wildman–Crippen LogP) is 3.57. The van der Waals surface area contributed by atoms with Gasteiger partial charge in [-0.25, -0.2) is 8.78 Å². The van der Waals surface area contributed by atoms with Gasteiger partial charge < -0.3 is 10.5 Å². The number of hydrogen-bond donors (Lipinski definition) is 1. The van der Waals surface area contributed by atoms with Gasteiger partial charge in [-0.15, -0.1) is 0 Å². The predicted molar refractivity (Wildman–Crippen MR) is 64.9 cm³/mol. The van der Waals surface area contributed by atoms with Gasteiger partial charge in [-0.1, -0.05) is 23.7 Å². The van der Waals surface area contributed by atoms with Crippen LogP contribution in [0.25, 0.3) is 0 Å². The van der Waals surface area contributed by atoms with E-state index in [0.29, 0.717) is 10.6 Å². The van der Waals surface area contributed by atoms with Crippen molar-refractivity contribution in [1.29, 1.82) is 0 Å². The summed E-state index contributed by atoms with van der Waals surface area (Å²) in [7, 11) is 0. The molecule has 0 radical (unpaired) electrons. The Balaban J connectivity index is 2.52. The lowest BCUT2D eigenvalue weighted by Gasteiger charge is -2.18. The van der Waals surface area contributed by atoms with Crippen molar-refractivity contribution in [3.8, 4) is 0 Å². The van der Waals surface area contributed by atoms with E-state index in [1.54, 1.807) is 25.1 Å². The molecule has 0 aliphatic carbocycles. The molecule has 1 aromatic carbocycles. The molecule has 19 heavy (non-hydrogen) atoms. The Morgan fingerprint density at radius 3 is 2.53 bits per heavy atom. The molecule has 0 fully saturated rings. The van der Waals surface area contributed by atoms with Crippen molar-refractivity contribution in [3.05, 3.63) is 34.3 Å². The van der Waals surface area contributed by atoms with Crippen LogP contribution >= 0.6 is 11.6 Å². The Bertz CT molecular complexity index is 428. The highest BCUT2D eigenvalue weighted by Gasteiger charge is 2.41. The van der Waals surface area contributed by atoms with Crippen LogP contribution in [0.5, 0.6) is 0 Å². The second kappa shape index (κ2) is 6.54. The molecule has 0 saturated heterocycles. The zero-order valence-corrected chi connectivity index (χ0v) is 10.9. The molecule has 1 unspecified atom stereocenters. The van der Waals surface area contributed by atoms with Gasteiger partial charge >= 0.3 is 12.3 Å². The number of alkyl halides is 4. The first kappa shape index (κ1) is 16.2.